The molecule has 0 spiro atoms. The van der Waals surface area contributed by atoms with Crippen molar-refractivity contribution < 1.29 is 0 Å². The SMILES string of the molecule is c1ccc(N(c2ccc(-c3ccc4c(ccc5ccc6ccccc6c54)c3)cc2)c2ccc3c(c2)sc2c4ccccc4ccc32)cc1. The average molecular weight is 628 g/mol. The molecular weight excluding hydrogens is 599 g/mol. The second-order valence-electron chi connectivity index (χ2n) is 12.6. The second kappa shape index (κ2) is 10.8. The van der Waals surface area contributed by atoms with Crippen LogP contribution in [-0.2, 0) is 0 Å². The largest absolute Gasteiger partial charge is 0.310 e. The summed E-state index contributed by atoms with van der Waals surface area (Å²) in [7, 11) is 0. The van der Waals surface area contributed by atoms with Gasteiger partial charge in [0.25, 0.3) is 0 Å². The standard InChI is InChI=1S/C46H29NS/c1-2-10-36(11-3-1)47(38-24-27-42-43-26-20-32-9-5-7-13-41(32)46(43)48-44(42)29-38)37-22-18-30(19-23-37)34-21-25-40-35(28-34)17-16-33-15-14-31-8-4-6-12-39(31)45(33)40/h1-29H. The lowest BCUT2D eigenvalue weighted by molar-refractivity contribution is 1.29. The minimum absolute atomic E-state index is 1.13. The number of fused-ring (bicyclic) bond motifs is 10. The Morgan fingerprint density at radius 2 is 0.896 bits per heavy atom. The molecule has 9 aromatic carbocycles. The highest BCUT2D eigenvalue weighted by atomic mass is 32.1. The predicted molar refractivity (Wildman–Crippen MR) is 209 cm³/mol. The summed E-state index contributed by atoms with van der Waals surface area (Å²) in [6, 6.07) is 64.4. The fourth-order valence-corrected chi connectivity index (χ4v) is 8.75. The number of thiophene rings is 1. The third-order valence-electron chi connectivity index (χ3n) is 9.80. The van der Waals surface area contributed by atoms with Gasteiger partial charge in [0.2, 0.25) is 0 Å². The molecule has 0 saturated carbocycles. The molecule has 0 unspecified atom stereocenters. The molecule has 0 aliphatic carbocycles. The maximum atomic E-state index is 2.36. The third-order valence-corrected chi connectivity index (χ3v) is 11.0. The lowest BCUT2D eigenvalue weighted by Crippen LogP contribution is -2.09. The Bertz CT molecular complexity index is 2830. The van der Waals surface area contributed by atoms with Crippen molar-refractivity contribution in [2.24, 2.45) is 0 Å². The summed E-state index contributed by atoms with van der Waals surface area (Å²) >= 11 is 1.89. The molecule has 1 heterocycles. The van der Waals surface area contributed by atoms with Crippen molar-refractivity contribution in [2.75, 3.05) is 4.90 Å². The fraction of sp³-hybridized carbons (Fsp3) is 0. The Morgan fingerprint density at radius 3 is 1.73 bits per heavy atom. The lowest BCUT2D eigenvalue weighted by atomic mass is 9.94. The maximum Gasteiger partial charge on any atom is 0.0476 e. The van der Waals surface area contributed by atoms with Gasteiger partial charge in [-0.25, -0.2) is 0 Å². The van der Waals surface area contributed by atoms with Crippen molar-refractivity contribution in [2.45, 2.75) is 0 Å². The molecule has 0 aliphatic heterocycles. The van der Waals surface area contributed by atoms with E-state index < -0.39 is 0 Å². The normalized spacial score (nSPS) is 11.8. The van der Waals surface area contributed by atoms with E-state index in [0.29, 0.717) is 0 Å². The first-order chi connectivity index (χ1) is 23.8. The summed E-state index contributed by atoms with van der Waals surface area (Å²) in [5, 5.41) is 13.0. The molecule has 0 fully saturated rings. The van der Waals surface area contributed by atoms with Crippen LogP contribution < -0.4 is 4.90 Å². The molecule has 0 saturated heterocycles. The van der Waals surface area contributed by atoms with E-state index in [9.17, 15) is 0 Å². The number of para-hydroxylation sites is 1. The van der Waals surface area contributed by atoms with Gasteiger partial charge in [-0.1, -0.05) is 133 Å². The van der Waals surface area contributed by atoms with Crippen LogP contribution in [0.5, 0.6) is 0 Å². The van der Waals surface area contributed by atoms with Crippen LogP contribution in [0.1, 0.15) is 0 Å². The monoisotopic (exact) mass is 627 g/mol. The van der Waals surface area contributed by atoms with E-state index in [1.807, 2.05) is 11.3 Å². The molecule has 0 bridgehead atoms. The smallest absolute Gasteiger partial charge is 0.0476 e. The van der Waals surface area contributed by atoms with E-state index in [2.05, 4.69) is 181 Å². The Hall–Kier alpha value is -5.96. The summed E-state index contributed by atoms with van der Waals surface area (Å²) in [5.74, 6) is 0. The highest BCUT2D eigenvalue weighted by Gasteiger charge is 2.16. The summed E-state index contributed by atoms with van der Waals surface area (Å²) in [5.41, 5.74) is 5.86. The molecule has 48 heavy (non-hydrogen) atoms. The molecule has 1 nitrogen and oxygen atoms in total. The van der Waals surface area contributed by atoms with Crippen LogP contribution in [0, 0.1) is 0 Å². The van der Waals surface area contributed by atoms with E-state index in [-0.39, 0.29) is 0 Å². The number of anilines is 3. The van der Waals surface area contributed by atoms with Gasteiger partial charge in [0, 0.05) is 37.2 Å². The van der Waals surface area contributed by atoms with Gasteiger partial charge < -0.3 is 4.90 Å². The molecule has 10 aromatic rings. The second-order valence-corrected chi connectivity index (χ2v) is 13.6. The topological polar surface area (TPSA) is 3.24 Å². The Kier molecular flexibility index (Phi) is 6.12. The van der Waals surface area contributed by atoms with Crippen LogP contribution in [0.25, 0.3) is 74.4 Å². The summed E-state index contributed by atoms with van der Waals surface area (Å²) < 4.78 is 2.65. The lowest BCUT2D eigenvalue weighted by Gasteiger charge is -2.25. The zero-order chi connectivity index (χ0) is 31.6. The first-order valence-corrected chi connectivity index (χ1v) is 17.2. The van der Waals surface area contributed by atoms with Crippen molar-refractivity contribution in [3.05, 3.63) is 176 Å². The van der Waals surface area contributed by atoms with Crippen LogP contribution in [-0.4, -0.2) is 0 Å². The maximum absolute atomic E-state index is 2.36. The van der Waals surface area contributed by atoms with Gasteiger partial charge in [-0.2, -0.15) is 0 Å². The molecule has 2 heteroatoms. The van der Waals surface area contributed by atoms with Crippen LogP contribution in [0.15, 0.2) is 176 Å². The average Bonchev–Trinajstić information content (AvgIpc) is 3.54. The molecule has 0 N–H and O–H groups in total. The molecule has 0 aliphatic rings. The number of hydrogen-bond acceptors (Lipinski definition) is 2. The molecule has 10 rings (SSSR count). The Balaban J connectivity index is 1.06. The van der Waals surface area contributed by atoms with E-state index >= 15 is 0 Å². The highest BCUT2D eigenvalue weighted by molar-refractivity contribution is 7.26. The van der Waals surface area contributed by atoms with Gasteiger partial charge in [-0.15, -0.1) is 11.3 Å². The Morgan fingerprint density at radius 1 is 0.333 bits per heavy atom. The minimum atomic E-state index is 1.13. The molecule has 224 valence electrons. The van der Waals surface area contributed by atoms with Crippen molar-refractivity contribution in [3.63, 3.8) is 0 Å². The number of hydrogen-bond donors (Lipinski definition) is 0. The van der Waals surface area contributed by atoms with E-state index in [0.717, 1.165) is 17.1 Å². The van der Waals surface area contributed by atoms with Gasteiger partial charge in [-0.3, -0.25) is 0 Å². The summed E-state index contributed by atoms with van der Waals surface area (Å²) in [4.78, 5) is 2.36. The van der Waals surface area contributed by atoms with Gasteiger partial charge in [0.1, 0.15) is 0 Å². The van der Waals surface area contributed by atoms with E-state index in [1.165, 1.54) is 74.4 Å². The summed E-state index contributed by atoms with van der Waals surface area (Å²) in [6.07, 6.45) is 0. The van der Waals surface area contributed by atoms with Crippen LogP contribution in [0.2, 0.25) is 0 Å². The zero-order valence-corrected chi connectivity index (χ0v) is 26.9. The molecule has 0 radical (unpaired) electrons. The summed E-state index contributed by atoms with van der Waals surface area (Å²) in [6.45, 7) is 0. The van der Waals surface area contributed by atoms with Crippen LogP contribution in [0.4, 0.5) is 17.1 Å². The molecular formula is C46H29NS. The van der Waals surface area contributed by atoms with Gasteiger partial charge in [0.15, 0.2) is 0 Å². The van der Waals surface area contributed by atoms with E-state index in [4.69, 9.17) is 0 Å². The fourth-order valence-electron chi connectivity index (χ4n) is 7.47. The molecule has 1 aromatic heterocycles. The number of benzene rings is 9. The van der Waals surface area contributed by atoms with Gasteiger partial charge in [0.05, 0.1) is 0 Å². The number of nitrogens with zero attached hydrogens (tertiary/aromatic N) is 1. The van der Waals surface area contributed by atoms with E-state index in [1.54, 1.807) is 0 Å². The predicted octanol–water partition coefficient (Wildman–Crippen LogP) is 13.8. The van der Waals surface area contributed by atoms with Crippen molar-refractivity contribution in [1.29, 1.82) is 0 Å². The third kappa shape index (κ3) is 4.31. The zero-order valence-electron chi connectivity index (χ0n) is 26.1. The van der Waals surface area contributed by atoms with Crippen LogP contribution >= 0.6 is 11.3 Å². The number of rotatable bonds is 4. The first-order valence-electron chi connectivity index (χ1n) is 16.4. The van der Waals surface area contributed by atoms with Crippen molar-refractivity contribution >= 4 is 91.7 Å². The van der Waals surface area contributed by atoms with Gasteiger partial charge in [-0.05, 0) is 96.7 Å². The minimum Gasteiger partial charge on any atom is -0.310 e. The van der Waals surface area contributed by atoms with Gasteiger partial charge >= 0.3 is 0 Å². The molecule has 0 atom stereocenters. The van der Waals surface area contributed by atoms with Crippen LogP contribution in [0.3, 0.4) is 0 Å². The van der Waals surface area contributed by atoms with Crippen molar-refractivity contribution in [1.82, 2.24) is 0 Å². The quantitative estimate of drug-likeness (QED) is 0.176. The Labute approximate surface area is 282 Å². The molecule has 0 amide bonds. The highest BCUT2D eigenvalue weighted by Crippen LogP contribution is 2.43. The first kappa shape index (κ1) is 27.2. The van der Waals surface area contributed by atoms with Crippen molar-refractivity contribution in [3.8, 4) is 11.1 Å².